The lowest BCUT2D eigenvalue weighted by Crippen LogP contribution is -2.38. The van der Waals surface area contributed by atoms with E-state index in [4.69, 9.17) is 4.74 Å². The number of aromatic hydroxyl groups is 2. The van der Waals surface area contributed by atoms with Crippen LogP contribution in [-0.4, -0.2) is 29.5 Å². The highest BCUT2D eigenvalue weighted by molar-refractivity contribution is 5.40. The van der Waals surface area contributed by atoms with Crippen molar-refractivity contribution in [3.05, 3.63) is 23.8 Å². The molecule has 1 aromatic carbocycles. The zero-order valence-electron chi connectivity index (χ0n) is 10.0. The number of phenols is 2. The summed E-state index contributed by atoms with van der Waals surface area (Å²) < 4.78 is 5.40. The molecule has 1 saturated heterocycles. The zero-order valence-corrected chi connectivity index (χ0v) is 10.0. The summed E-state index contributed by atoms with van der Waals surface area (Å²) in [5.41, 5.74) is 0.799. The highest BCUT2D eigenvalue weighted by Crippen LogP contribution is 2.28. The highest BCUT2D eigenvalue weighted by Gasteiger charge is 2.18. The maximum Gasteiger partial charge on any atom is 0.124 e. The molecule has 0 radical (unpaired) electrons. The fraction of sp³-hybridized carbons (Fsp3) is 0.538. The summed E-state index contributed by atoms with van der Waals surface area (Å²) >= 11 is 0. The molecule has 2 rings (SSSR count). The van der Waals surface area contributed by atoms with E-state index in [9.17, 15) is 10.2 Å². The monoisotopic (exact) mass is 237 g/mol. The van der Waals surface area contributed by atoms with E-state index in [2.05, 4.69) is 5.32 Å². The number of ether oxygens (including phenoxy) is 1. The Kier molecular flexibility index (Phi) is 3.86. The number of hydrogen-bond acceptors (Lipinski definition) is 4. The van der Waals surface area contributed by atoms with E-state index in [0.29, 0.717) is 6.04 Å². The van der Waals surface area contributed by atoms with Crippen molar-refractivity contribution >= 4 is 0 Å². The average molecular weight is 237 g/mol. The van der Waals surface area contributed by atoms with Gasteiger partial charge in [-0.2, -0.15) is 0 Å². The lowest BCUT2D eigenvalue weighted by Gasteiger charge is -2.27. The molecule has 17 heavy (non-hydrogen) atoms. The molecule has 0 bridgehead atoms. The minimum absolute atomic E-state index is 0.0438. The fourth-order valence-electron chi connectivity index (χ4n) is 2.21. The van der Waals surface area contributed by atoms with Crippen molar-refractivity contribution in [2.75, 3.05) is 13.2 Å². The van der Waals surface area contributed by atoms with Gasteiger partial charge in [-0.3, -0.25) is 0 Å². The van der Waals surface area contributed by atoms with E-state index in [1.807, 2.05) is 6.92 Å². The van der Waals surface area contributed by atoms with Gasteiger partial charge in [-0.1, -0.05) is 6.07 Å². The molecule has 94 valence electrons. The molecule has 1 fully saturated rings. The lowest BCUT2D eigenvalue weighted by atomic mass is 10.0. The van der Waals surface area contributed by atoms with E-state index in [0.717, 1.165) is 31.6 Å². The third-order valence-electron chi connectivity index (χ3n) is 3.13. The van der Waals surface area contributed by atoms with Gasteiger partial charge in [0.1, 0.15) is 11.5 Å². The number of hydrogen-bond donors (Lipinski definition) is 3. The molecule has 0 amide bonds. The maximum atomic E-state index is 9.76. The van der Waals surface area contributed by atoms with E-state index in [-0.39, 0.29) is 17.5 Å². The second-order valence-electron chi connectivity index (χ2n) is 4.55. The Morgan fingerprint density at radius 1 is 1.41 bits per heavy atom. The lowest BCUT2D eigenvalue weighted by molar-refractivity contribution is 0.0670. The molecule has 0 aromatic heterocycles. The summed E-state index contributed by atoms with van der Waals surface area (Å²) in [5, 5.41) is 22.4. The van der Waals surface area contributed by atoms with Gasteiger partial charge < -0.3 is 20.3 Å². The molecular formula is C13H19NO3. The Bertz CT molecular complexity index is 375. The van der Waals surface area contributed by atoms with Gasteiger partial charge in [0.2, 0.25) is 0 Å². The fourth-order valence-corrected chi connectivity index (χ4v) is 2.21. The van der Waals surface area contributed by atoms with Crippen molar-refractivity contribution in [2.24, 2.45) is 0 Å². The first kappa shape index (κ1) is 12.2. The largest absolute Gasteiger partial charge is 0.508 e. The molecule has 3 N–H and O–H groups in total. The highest BCUT2D eigenvalue weighted by atomic mass is 16.5. The Hall–Kier alpha value is -1.26. The van der Waals surface area contributed by atoms with Gasteiger partial charge in [-0.05, 0) is 25.8 Å². The van der Waals surface area contributed by atoms with Gasteiger partial charge in [-0.25, -0.2) is 0 Å². The molecule has 1 heterocycles. The molecule has 0 spiro atoms. The number of phenolic OH excluding ortho intramolecular Hbond substituents is 2. The van der Waals surface area contributed by atoms with Crippen LogP contribution in [0.15, 0.2) is 18.2 Å². The number of rotatable bonds is 3. The van der Waals surface area contributed by atoms with Crippen LogP contribution in [-0.2, 0) is 4.74 Å². The molecule has 1 aliphatic heterocycles. The SMILES string of the molecule is CC(NC1CCCOC1)c1ccc(O)cc1O. The summed E-state index contributed by atoms with van der Waals surface area (Å²) in [6.07, 6.45) is 2.18. The maximum absolute atomic E-state index is 9.76. The predicted molar refractivity (Wildman–Crippen MR) is 65.2 cm³/mol. The van der Waals surface area contributed by atoms with Gasteiger partial charge in [0, 0.05) is 30.3 Å². The van der Waals surface area contributed by atoms with Crippen LogP contribution in [0.1, 0.15) is 31.4 Å². The second kappa shape index (κ2) is 5.38. The number of nitrogens with one attached hydrogen (secondary N) is 1. The Balaban J connectivity index is 2.00. The van der Waals surface area contributed by atoms with Gasteiger partial charge in [0.05, 0.1) is 6.61 Å². The van der Waals surface area contributed by atoms with Crippen LogP contribution in [0.4, 0.5) is 0 Å². The van der Waals surface area contributed by atoms with E-state index in [1.165, 1.54) is 6.07 Å². The van der Waals surface area contributed by atoms with E-state index < -0.39 is 0 Å². The molecule has 4 nitrogen and oxygen atoms in total. The standard InChI is InChI=1S/C13H19NO3/c1-9(14-10-3-2-6-17-8-10)12-5-4-11(15)7-13(12)16/h4-5,7,9-10,14-16H,2-3,6,8H2,1H3. The van der Waals surface area contributed by atoms with Crippen LogP contribution in [0.3, 0.4) is 0 Å². The average Bonchev–Trinajstić information content (AvgIpc) is 2.30. The first-order chi connectivity index (χ1) is 8.16. The van der Waals surface area contributed by atoms with Crippen LogP contribution in [0.2, 0.25) is 0 Å². The van der Waals surface area contributed by atoms with Gasteiger partial charge >= 0.3 is 0 Å². The topological polar surface area (TPSA) is 61.7 Å². The van der Waals surface area contributed by atoms with Crippen LogP contribution in [0, 0.1) is 0 Å². The summed E-state index contributed by atoms with van der Waals surface area (Å²) in [5.74, 6) is 0.209. The first-order valence-corrected chi connectivity index (χ1v) is 6.02. The first-order valence-electron chi connectivity index (χ1n) is 6.02. The molecule has 4 heteroatoms. The minimum Gasteiger partial charge on any atom is -0.508 e. The molecule has 1 aromatic rings. The molecule has 2 unspecified atom stereocenters. The van der Waals surface area contributed by atoms with Crippen LogP contribution >= 0.6 is 0 Å². The van der Waals surface area contributed by atoms with Crippen molar-refractivity contribution < 1.29 is 14.9 Å². The minimum atomic E-state index is 0.0438. The normalized spacial score (nSPS) is 22.3. The third-order valence-corrected chi connectivity index (χ3v) is 3.13. The van der Waals surface area contributed by atoms with Gasteiger partial charge in [0.25, 0.3) is 0 Å². The summed E-state index contributed by atoms with van der Waals surface area (Å²) in [4.78, 5) is 0. The second-order valence-corrected chi connectivity index (χ2v) is 4.55. The van der Waals surface area contributed by atoms with Crippen molar-refractivity contribution in [1.29, 1.82) is 0 Å². The Morgan fingerprint density at radius 3 is 2.88 bits per heavy atom. The Labute approximate surface area is 101 Å². The van der Waals surface area contributed by atoms with E-state index in [1.54, 1.807) is 12.1 Å². The van der Waals surface area contributed by atoms with Crippen molar-refractivity contribution in [2.45, 2.75) is 31.8 Å². The Morgan fingerprint density at radius 2 is 2.24 bits per heavy atom. The molecule has 1 aliphatic rings. The molecule has 0 saturated carbocycles. The van der Waals surface area contributed by atoms with Gasteiger partial charge in [0.15, 0.2) is 0 Å². The third kappa shape index (κ3) is 3.11. The van der Waals surface area contributed by atoms with Crippen molar-refractivity contribution in [1.82, 2.24) is 5.32 Å². The molecular weight excluding hydrogens is 218 g/mol. The van der Waals surface area contributed by atoms with Crippen LogP contribution in [0.25, 0.3) is 0 Å². The zero-order chi connectivity index (χ0) is 12.3. The molecule has 0 aliphatic carbocycles. The van der Waals surface area contributed by atoms with E-state index >= 15 is 0 Å². The number of benzene rings is 1. The summed E-state index contributed by atoms with van der Waals surface area (Å²) in [6.45, 7) is 3.57. The van der Waals surface area contributed by atoms with Crippen LogP contribution < -0.4 is 5.32 Å². The summed E-state index contributed by atoms with van der Waals surface area (Å²) in [7, 11) is 0. The summed E-state index contributed by atoms with van der Waals surface area (Å²) in [6, 6.07) is 5.08. The molecule has 2 atom stereocenters. The van der Waals surface area contributed by atoms with Crippen molar-refractivity contribution in [3.8, 4) is 11.5 Å². The van der Waals surface area contributed by atoms with Crippen LogP contribution in [0.5, 0.6) is 11.5 Å². The smallest absolute Gasteiger partial charge is 0.124 e. The predicted octanol–water partition coefficient (Wildman–Crippen LogP) is 1.93. The van der Waals surface area contributed by atoms with Gasteiger partial charge in [-0.15, -0.1) is 0 Å². The van der Waals surface area contributed by atoms with Crippen molar-refractivity contribution in [3.63, 3.8) is 0 Å². The quantitative estimate of drug-likeness (QED) is 0.751.